The second kappa shape index (κ2) is 9.34. The van der Waals surface area contributed by atoms with Gasteiger partial charge in [0.15, 0.2) is 17.5 Å². The van der Waals surface area contributed by atoms with Crippen molar-refractivity contribution in [1.82, 2.24) is 0 Å². The molecule has 28 heavy (non-hydrogen) atoms. The van der Waals surface area contributed by atoms with E-state index >= 15 is 0 Å². The summed E-state index contributed by atoms with van der Waals surface area (Å²) < 4.78 is 82.0. The highest BCUT2D eigenvalue weighted by atomic mass is 31.2. The number of benzene rings is 1. The van der Waals surface area contributed by atoms with Crippen molar-refractivity contribution in [1.29, 1.82) is 0 Å². The van der Waals surface area contributed by atoms with E-state index in [1.165, 1.54) is 12.2 Å². The van der Waals surface area contributed by atoms with Crippen LogP contribution in [0.15, 0.2) is 65.9 Å². The molecule has 0 amide bonds. The Morgan fingerprint density at radius 1 is 1.18 bits per heavy atom. The molecule has 0 bridgehead atoms. The molecule has 1 aromatic rings. The van der Waals surface area contributed by atoms with Crippen LogP contribution in [0.5, 0.6) is 5.75 Å². The molecule has 0 fully saturated rings. The van der Waals surface area contributed by atoms with Gasteiger partial charge in [0.05, 0.1) is 0 Å². The van der Waals surface area contributed by atoms with Crippen molar-refractivity contribution in [3.63, 3.8) is 0 Å². The van der Waals surface area contributed by atoms with Crippen molar-refractivity contribution in [3.05, 3.63) is 77.6 Å². The molecular weight excluding hydrogens is 399 g/mol. The summed E-state index contributed by atoms with van der Waals surface area (Å²) in [6, 6.07) is 2.38. The zero-order valence-corrected chi connectivity index (χ0v) is 15.7. The normalized spacial score (nSPS) is 18.9. The molecule has 0 radical (unpaired) electrons. The second-order valence-corrected chi connectivity index (χ2v) is 6.66. The first-order valence-corrected chi connectivity index (χ1v) is 9.37. The quantitative estimate of drug-likeness (QED) is 0.179. The molecule has 0 N–H and O–H groups in total. The molecule has 1 aliphatic carbocycles. The highest BCUT2D eigenvalue weighted by molar-refractivity contribution is 7.49. The topological polar surface area (TPSA) is 44.8 Å². The van der Waals surface area contributed by atoms with E-state index in [4.69, 9.17) is 13.6 Å². The number of phosphoric ester groups is 1. The standard InChI is InChI=1S/C19H15F4O4P/c1-3-6-13(4-2)25-28(24,27-15-9-10-17(21)19(23)12-15)26-14-7-5-8-16(20)18(22)11-14/h3-4,6-7,9-12,16H,1-2H3/b6-3-,13-4+. The smallest absolute Gasteiger partial charge is 0.386 e. The average Bonchev–Trinajstić information content (AvgIpc) is 2.78. The Hall–Kier alpha value is -2.91. The van der Waals surface area contributed by atoms with E-state index in [1.807, 2.05) is 5.92 Å². The van der Waals surface area contributed by atoms with Crippen molar-refractivity contribution >= 4 is 7.82 Å². The molecule has 1 aliphatic rings. The number of hydrogen-bond donors (Lipinski definition) is 0. The maximum Gasteiger partial charge on any atom is 0.647 e. The SMILES string of the molecule is C/C=C\C(=C/C)OP(=O)(OC1=CC#CC(F)C(F)=C1)Oc1ccc(F)c(F)c1. The first-order chi connectivity index (χ1) is 13.3. The van der Waals surface area contributed by atoms with Gasteiger partial charge in [-0.25, -0.2) is 17.6 Å². The van der Waals surface area contributed by atoms with Crippen molar-refractivity contribution < 1.29 is 35.7 Å². The fraction of sp³-hybridized carbons (Fsp3) is 0.158. The molecule has 1 aromatic carbocycles. The van der Waals surface area contributed by atoms with Crippen molar-refractivity contribution in [3.8, 4) is 17.6 Å². The lowest BCUT2D eigenvalue weighted by atomic mass is 10.3. The van der Waals surface area contributed by atoms with Gasteiger partial charge < -0.3 is 13.6 Å². The monoisotopic (exact) mass is 414 g/mol. The molecule has 0 heterocycles. The van der Waals surface area contributed by atoms with Crippen LogP contribution in [0.3, 0.4) is 0 Å². The molecule has 0 aliphatic heterocycles. The molecule has 4 nitrogen and oxygen atoms in total. The van der Waals surface area contributed by atoms with Gasteiger partial charge in [-0.3, -0.25) is 0 Å². The molecule has 0 spiro atoms. The number of hydrogen-bond acceptors (Lipinski definition) is 4. The summed E-state index contributed by atoms with van der Waals surface area (Å²) in [7, 11) is -4.59. The molecule has 0 saturated heterocycles. The minimum Gasteiger partial charge on any atom is -0.386 e. The van der Waals surface area contributed by atoms with Crippen molar-refractivity contribution in [2.75, 3.05) is 0 Å². The van der Waals surface area contributed by atoms with Gasteiger partial charge in [-0.1, -0.05) is 17.9 Å². The van der Waals surface area contributed by atoms with E-state index in [0.717, 1.165) is 18.2 Å². The van der Waals surface area contributed by atoms with Gasteiger partial charge in [0, 0.05) is 18.2 Å². The summed E-state index contributed by atoms with van der Waals surface area (Å²) in [5.74, 6) is -0.276. The Morgan fingerprint density at radius 2 is 1.93 bits per heavy atom. The van der Waals surface area contributed by atoms with Gasteiger partial charge in [-0.05, 0) is 38.1 Å². The lowest BCUT2D eigenvalue weighted by molar-refractivity contribution is 0.231. The first kappa shape index (κ1) is 21.4. The lowest BCUT2D eigenvalue weighted by Crippen LogP contribution is -2.03. The Morgan fingerprint density at radius 3 is 2.57 bits per heavy atom. The van der Waals surface area contributed by atoms with Gasteiger partial charge in [0.25, 0.3) is 0 Å². The third-order valence-electron chi connectivity index (χ3n) is 3.10. The Balaban J connectivity index is 2.38. The Bertz CT molecular complexity index is 970. The van der Waals surface area contributed by atoms with Crippen molar-refractivity contribution in [2.45, 2.75) is 20.0 Å². The highest BCUT2D eigenvalue weighted by Gasteiger charge is 2.34. The summed E-state index contributed by atoms with van der Waals surface area (Å²) in [5, 5.41) is 0. The van der Waals surface area contributed by atoms with E-state index in [9.17, 15) is 22.1 Å². The zero-order valence-electron chi connectivity index (χ0n) is 14.8. The third kappa shape index (κ3) is 5.80. The summed E-state index contributed by atoms with van der Waals surface area (Å²) in [6.07, 6.45) is 3.85. The van der Waals surface area contributed by atoms with E-state index < -0.39 is 37.2 Å². The van der Waals surface area contributed by atoms with Gasteiger partial charge >= 0.3 is 7.82 Å². The van der Waals surface area contributed by atoms with Gasteiger partial charge in [-0.2, -0.15) is 4.57 Å². The predicted molar refractivity (Wildman–Crippen MR) is 95.3 cm³/mol. The van der Waals surface area contributed by atoms with E-state index in [0.29, 0.717) is 12.1 Å². The number of halogens is 4. The fourth-order valence-corrected chi connectivity index (χ4v) is 3.15. The number of rotatable bonds is 7. The van der Waals surface area contributed by atoms with Crippen LogP contribution in [0.2, 0.25) is 0 Å². The maximum absolute atomic E-state index is 13.6. The molecular formula is C19H15F4O4P. The van der Waals surface area contributed by atoms with Crippen molar-refractivity contribution in [2.24, 2.45) is 0 Å². The molecule has 2 atom stereocenters. The lowest BCUT2D eigenvalue weighted by Gasteiger charge is -2.20. The predicted octanol–water partition coefficient (Wildman–Crippen LogP) is 6.06. The first-order valence-electron chi connectivity index (χ1n) is 7.91. The number of phosphoric acid groups is 1. The van der Waals surface area contributed by atoms with Crippen LogP contribution in [-0.2, 0) is 13.6 Å². The average molecular weight is 414 g/mol. The fourth-order valence-electron chi connectivity index (χ4n) is 1.88. The summed E-state index contributed by atoms with van der Waals surface area (Å²) in [4.78, 5) is 0. The maximum atomic E-state index is 13.6. The Labute approximate surface area is 159 Å². The van der Waals surface area contributed by atoms with Crippen LogP contribution in [0.4, 0.5) is 17.6 Å². The molecule has 0 aromatic heterocycles. The third-order valence-corrected chi connectivity index (χ3v) is 4.41. The summed E-state index contributed by atoms with van der Waals surface area (Å²) >= 11 is 0. The van der Waals surface area contributed by atoms with E-state index in [2.05, 4.69) is 5.92 Å². The number of alkyl halides is 1. The second-order valence-electron chi connectivity index (χ2n) is 5.22. The number of allylic oxidation sites excluding steroid dienone is 6. The van der Waals surface area contributed by atoms with Crippen LogP contribution >= 0.6 is 7.82 Å². The summed E-state index contributed by atoms with van der Waals surface area (Å²) in [6.45, 7) is 3.23. The van der Waals surface area contributed by atoms with Crippen LogP contribution in [0.25, 0.3) is 0 Å². The van der Waals surface area contributed by atoms with E-state index in [-0.39, 0.29) is 11.5 Å². The molecule has 2 rings (SSSR count). The minimum absolute atomic E-state index is 0.0570. The van der Waals surface area contributed by atoms with Gasteiger partial charge in [0.1, 0.15) is 17.3 Å². The van der Waals surface area contributed by atoms with Crippen LogP contribution in [-0.4, -0.2) is 6.17 Å². The van der Waals surface area contributed by atoms with Gasteiger partial charge in [-0.15, -0.1) is 0 Å². The zero-order chi connectivity index (χ0) is 20.7. The van der Waals surface area contributed by atoms with E-state index in [1.54, 1.807) is 19.9 Å². The molecule has 9 heteroatoms. The van der Waals surface area contributed by atoms with Crippen LogP contribution in [0.1, 0.15) is 13.8 Å². The van der Waals surface area contributed by atoms with Gasteiger partial charge in [0.2, 0.25) is 6.17 Å². The molecule has 2 unspecified atom stereocenters. The molecule has 148 valence electrons. The highest BCUT2D eigenvalue weighted by Crippen LogP contribution is 2.53. The largest absolute Gasteiger partial charge is 0.647 e. The van der Waals surface area contributed by atoms with Crippen LogP contribution < -0.4 is 4.52 Å². The molecule has 0 saturated carbocycles. The van der Waals surface area contributed by atoms with Crippen LogP contribution in [0, 0.1) is 23.5 Å². The minimum atomic E-state index is -4.59. The summed E-state index contributed by atoms with van der Waals surface area (Å²) in [5.41, 5.74) is 0. The Kier molecular flexibility index (Phi) is 7.13.